The zero-order chi connectivity index (χ0) is 66.8. The smallest absolute Gasteiger partial charge is 0.246 e. The van der Waals surface area contributed by atoms with Gasteiger partial charge in [-0.15, -0.1) is 0 Å². The normalized spacial score (nSPS) is 26.9. The summed E-state index contributed by atoms with van der Waals surface area (Å²) in [6.07, 6.45) is 3.06. The molecule has 0 radical (unpaired) electrons. The molecule has 23 heteroatoms. The second-order valence-electron chi connectivity index (χ2n) is 26.5. The van der Waals surface area contributed by atoms with Gasteiger partial charge in [-0.1, -0.05) is 109 Å². The number of amides is 11. The molecule has 0 spiro atoms. The minimum absolute atomic E-state index is 0.0237. The maximum absolute atomic E-state index is 15.2. The number of hydrogen-bond acceptors (Lipinski definition) is 12. The molecular weight excluding hydrogens is 1100 g/mol. The number of aliphatic hydroxyl groups is 1. The number of hydrogen-bond donors (Lipinski definition) is 4. The Morgan fingerprint density at radius 2 is 0.802 bits per heavy atom. The fourth-order valence-corrected chi connectivity index (χ4v) is 11.2. The Bertz CT molecular complexity index is 2360. The number of aliphatic hydroxyl groups excluding tert-OH is 1. The quantitative estimate of drug-likeness (QED) is 0.171. The Labute approximate surface area is 515 Å². The van der Waals surface area contributed by atoms with E-state index in [1.807, 2.05) is 61.5 Å². The van der Waals surface area contributed by atoms with E-state index in [1.54, 1.807) is 54.5 Å². The predicted octanol–water partition coefficient (Wildman–Crippen LogP) is 3.61. The lowest BCUT2D eigenvalue weighted by molar-refractivity contribution is -0.157. The fourth-order valence-electron chi connectivity index (χ4n) is 11.2. The standard InChI is InChI=1S/C63H113N11O12/c1-26-28-29-41(15)53(76)52-56(79)66-44(27-2)58(81)67(18)34-49(75)68(19)46(31-36(5)6)60(83)72(23)50(39(11)12)62(85)69(20)45(30-35(3)4)55(78)64-42(16)54(77)65-43(17)57(80)70(21)47(32-37(7)8)59(82)71(22)48(33-38(9)10)61(84)73(24)51(40(13)14)63(86)74(52)25/h26,28,35-48,50-53,76H,27,29-34H2,1-25H3,(H,64,78)(H,65,77)(H,66,79)/b28-26+/t41-,42+,43-,44+,45+,46+,47-,48+,50+,51+,52?,53-/m1/s1. The molecule has 1 unspecified atom stereocenters. The molecule has 4 N–H and O–H groups in total. The van der Waals surface area contributed by atoms with Crippen LogP contribution in [0.25, 0.3) is 0 Å². The SMILES string of the molecule is C/C=C/C[C@@H](C)[C@@H](O)C1C(=O)N[C@@H](CC)C(=O)N(C)CC(=O)N(C)[C@@H](CC(C)C)C(=O)N(C)[C@@H](C(C)C)C(=O)N(C)[C@@H](CC(C)C)C(=O)N[C@@H](C)C(=O)N[C@H](C)C(=O)N(C)[C@H](CC(C)C)C(=O)N(C)[C@@H](CC(C)C)C(=O)N(C)[C@@H](C(C)C)C(=O)N1C. The molecule has 1 aliphatic rings. The van der Waals surface area contributed by atoms with Gasteiger partial charge in [-0.05, 0) is 101 Å². The molecular formula is C63H113N11O12. The summed E-state index contributed by atoms with van der Waals surface area (Å²) in [4.78, 5) is 171. The number of rotatable bonds is 15. The van der Waals surface area contributed by atoms with Crippen LogP contribution in [0.1, 0.15) is 156 Å². The van der Waals surface area contributed by atoms with Crippen LogP contribution < -0.4 is 16.0 Å². The van der Waals surface area contributed by atoms with Crippen molar-refractivity contribution in [2.75, 3.05) is 62.9 Å². The summed E-state index contributed by atoms with van der Waals surface area (Å²) in [5.41, 5.74) is 0. The molecule has 12 atom stereocenters. The van der Waals surface area contributed by atoms with Crippen LogP contribution in [-0.4, -0.2) is 239 Å². The molecule has 0 saturated carbocycles. The van der Waals surface area contributed by atoms with E-state index in [0.717, 1.165) is 9.80 Å². The summed E-state index contributed by atoms with van der Waals surface area (Å²) in [7, 11) is 11.4. The van der Waals surface area contributed by atoms with Gasteiger partial charge in [-0.3, -0.25) is 52.7 Å². The van der Waals surface area contributed by atoms with Crippen molar-refractivity contribution in [1.29, 1.82) is 0 Å². The van der Waals surface area contributed by atoms with E-state index >= 15 is 9.59 Å². The van der Waals surface area contributed by atoms with Crippen LogP contribution in [0.5, 0.6) is 0 Å². The molecule has 492 valence electrons. The van der Waals surface area contributed by atoms with Crippen molar-refractivity contribution in [3.63, 3.8) is 0 Å². The molecule has 86 heavy (non-hydrogen) atoms. The average molecular weight is 1220 g/mol. The maximum atomic E-state index is 15.2. The van der Waals surface area contributed by atoms with Crippen molar-refractivity contribution in [2.24, 2.45) is 41.4 Å². The van der Waals surface area contributed by atoms with E-state index < -0.39 is 156 Å². The Kier molecular flexibility index (Phi) is 31.7. The Morgan fingerprint density at radius 1 is 0.442 bits per heavy atom. The minimum atomic E-state index is -1.61. The molecule has 1 saturated heterocycles. The number of allylic oxidation sites excluding steroid dienone is 2. The first-order valence-corrected chi connectivity index (χ1v) is 31.0. The van der Waals surface area contributed by atoms with Crippen molar-refractivity contribution in [1.82, 2.24) is 55.1 Å². The maximum Gasteiger partial charge on any atom is 0.246 e. The van der Waals surface area contributed by atoms with Gasteiger partial charge in [-0.25, -0.2) is 0 Å². The lowest BCUT2D eigenvalue weighted by Gasteiger charge is -2.41. The van der Waals surface area contributed by atoms with Gasteiger partial charge in [0.2, 0.25) is 65.0 Å². The average Bonchev–Trinajstić information content (AvgIpc) is 1.52. The van der Waals surface area contributed by atoms with E-state index in [2.05, 4.69) is 16.0 Å². The van der Waals surface area contributed by atoms with Gasteiger partial charge >= 0.3 is 0 Å². The third-order valence-corrected chi connectivity index (χ3v) is 16.5. The van der Waals surface area contributed by atoms with Gasteiger partial charge in [0.05, 0.1) is 12.6 Å². The van der Waals surface area contributed by atoms with Crippen molar-refractivity contribution < 1.29 is 57.8 Å². The molecule has 1 rings (SSSR count). The summed E-state index contributed by atoms with van der Waals surface area (Å²) < 4.78 is 0. The van der Waals surface area contributed by atoms with Crippen LogP contribution in [0.4, 0.5) is 0 Å². The van der Waals surface area contributed by atoms with Crippen LogP contribution in [-0.2, 0) is 52.7 Å². The Morgan fingerprint density at radius 3 is 1.21 bits per heavy atom. The highest BCUT2D eigenvalue weighted by Gasteiger charge is 2.46. The number of nitrogens with zero attached hydrogens (tertiary/aromatic N) is 8. The molecule has 1 fully saturated rings. The van der Waals surface area contributed by atoms with Crippen LogP contribution in [0, 0.1) is 41.4 Å². The summed E-state index contributed by atoms with van der Waals surface area (Å²) in [5, 5.41) is 20.3. The van der Waals surface area contributed by atoms with Crippen LogP contribution >= 0.6 is 0 Å². The molecule has 1 aliphatic heterocycles. The number of likely N-dealkylation sites (N-methyl/N-ethyl adjacent to an activating group) is 8. The highest BCUT2D eigenvalue weighted by Crippen LogP contribution is 2.26. The zero-order valence-electron chi connectivity index (χ0n) is 57.0. The van der Waals surface area contributed by atoms with E-state index in [1.165, 1.54) is 99.6 Å². The molecule has 11 amide bonds. The molecule has 1 heterocycles. The third kappa shape index (κ3) is 21.0. The highest BCUT2D eigenvalue weighted by molar-refractivity contribution is 5.99. The summed E-state index contributed by atoms with van der Waals surface area (Å²) in [6.45, 7) is 29.5. The van der Waals surface area contributed by atoms with Gasteiger partial charge in [-0.2, -0.15) is 0 Å². The lowest BCUT2D eigenvalue weighted by atomic mass is 9.91. The monoisotopic (exact) mass is 1220 g/mol. The van der Waals surface area contributed by atoms with Crippen LogP contribution in [0.2, 0.25) is 0 Å². The lowest BCUT2D eigenvalue weighted by Crippen LogP contribution is -2.63. The number of carbonyl (C=O) groups excluding carboxylic acids is 11. The summed E-state index contributed by atoms with van der Waals surface area (Å²) in [5.74, 6) is -9.54. The molecule has 0 aliphatic carbocycles. The van der Waals surface area contributed by atoms with Gasteiger partial charge < -0.3 is 60.3 Å². The van der Waals surface area contributed by atoms with Gasteiger partial charge in [0.25, 0.3) is 0 Å². The largest absolute Gasteiger partial charge is 0.390 e. The fraction of sp³-hybridized carbons (Fsp3) is 0.794. The predicted molar refractivity (Wildman–Crippen MR) is 333 cm³/mol. The highest BCUT2D eigenvalue weighted by atomic mass is 16.3. The number of nitrogens with one attached hydrogen (secondary N) is 3. The van der Waals surface area contributed by atoms with E-state index in [0.29, 0.717) is 6.42 Å². The molecule has 0 aromatic carbocycles. The van der Waals surface area contributed by atoms with E-state index in [-0.39, 0.29) is 55.8 Å². The summed E-state index contributed by atoms with van der Waals surface area (Å²) >= 11 is 0. The topological polar surface area (TPSA) is 270 Å². The van der Waals surface area contributed by atoms with Crippen LogP contribution in [0.15, 0.2) is 12.2 Å². The first kappa shape index (κ1) is 77.9. The van der Waals surface area contributed by atoms with E-state index in [4.69, 9.17) is 0 Å². The number of carbonyl (C=O) groups is 11. The van der Waals surface area contributed by atoms with Crippen molar-refractivity contribution in [3.8, 4) is 0 Å². The van der Waals surface area contributed by atoms with Gasteiger partial charge in [0.1, 0.15) is 60.4 Å². The van der Waals surface area contributed by atoms with Crippen molar-refractivity contribution in [2.45, 2.75) is 223 Å². The van der Waals surface area contributed by atoms with Gasteiger partial charge in [0.15, 0.2) is 0 Å². The molecule has 0 bridgehead atoms. The Balaban J connectivity index is 4.37. The zero-order valence-corrected chi connectivity index (χ0v) is 57.0. The van der Waals surface area contributed by atoms with E-state index in [9.17, 15) is 48.3 Å². The third-order valence-electron chi connectivity index (χ3n) is 16.5. The summed E-state index contributed by atoms with van der Waals surface area (Å²) in [6, 6.07) is -12.3. The minimum Gasteiger partial charge on any atom is -0.390 e. The first-order chi connectivity index (χ1) is 39.6. The first-order valence-electron chi connectivity index (χ1n) is 31.0. The molecule has 0 aromatic rings. The van der Waals surface area contributed by atoms with Crippen molar-refractivity contribution >= 4 is 65.0 Å². The van der Waals surface area contributed by atoms with Gasteiger partial charge in [0, 0.05) is 56.4 Å². The second kappa shape index (κ2) is 35.0. The van der Waals surface area contributed by atoms with Crippen LogP contribution in [0.3, 0.4) is 0 Å². The molecule has 23 nitrogen and oxygen atoms in total. The Hall–Kier alpha value is -6.13. The molecule has 0 aromatic heterocycles. The van der Waals surface area contributed by atoms with Crippen molar-refractivity contribution in [3.05, 3.63) is 12.2 Å². The second-order valence-corrected chi connectivity index (χ2v) is 26.5.